The van der Waals surface area contributed by atoms with Crippen LogP contribution in [0.3, 0.4) is 0 Å². The monoisotopic (exact) mass is 474 g/mol. The van der Waals surface area contributed by atoms with E-state index in [1.54, 1.807) is 60.7 Å². The summed E-state index contributed by atoms with van der Waals surface area (Å²) in [5.41, 5.74) is 1.16. The number of halogens is 1. The molecular formula is C27H23FN2O5. The maximum atomic E-state index is 13.5. The number of hydrogen-bond donors (Lipinski definition) is 1. The molecule has 0 saturated carbocycles. The van der Waals surface area contributed by atoms with Gasteiger partial charge in [-0.25, -0.2) is 14.1 Å². The molecule has 0 atom stereocenters. The molecule has 0 radical (unpaired) electrons. The average molecular weight is 474 g/mol. The maximum Gasteiger partial charge on any atom is 0.335 e. The summed E-state index contributed by atoms with van der Waals surface area (Å²) in [6, 6.07) is 18.5. The predicted octanol–water partition coefficient (Wildman–Crippen LogP) is 4.86. The number of ether oxygens (including phenoxy) is 2. The Morgan fingerprint density at radius 1 is 0.943 bits per heavy atom. The van der Waals surface area contributed by atoms with Crippen LogP contribution in [-0.2, 0) is 16.2 Å². The van der Waals surface area contributed by atoms with E-state index < -0.39 is 17.8 Å². The lowest BCUT2D eigenvalue weighted by molar-refractivity contribution is -0.122. The summed E-state index contributed by atoms with van der Waals surface area (Å²) in [4.78, 5) is 39.1. The highest BCUT2D eigenvalue weighted by atomic mass is 19.1. The van der Waals surface area contributed by atoms with E-state index in [4.69, 9.17) is 9.47 Å². The predicted molar refractivity (Wildman–Crippen MR) is 128 cm³/mol. The van der Waals surface area contributed by atoms with E-state index in [0.29, 0.717) is 34.9 Å². The molecule has 0 aliphatic carbocycles. The average Bonchev–Trinajstić information content (AvgIpc) is 2.85. The Kier molecular flexibility index (Phi) is 7.21. The second kappa shape index (κ2) is 10.6. The fourth-order valence-corrected chi connectivity index (χ4v) is 3.48. The summed E-state index contributed by atoms with van der Waals surface area (Å²) in [5, 5.41) is 2.21. The van der Waals surface area contributed by atoms with Crippen LogP contribution in [0.1, 0.15) is 24.5 Å². The molecule has 7 nitrogen and oxygen atoms in total. The Labute approximate surface area is 201 Å². The highest BCUT2D eigenvalue weighted by Gasteiger charge is 2.37. The number of rotatable bonds is 8. The summed E-state index contributed by atoms with van der Waals surface area (Å²) >= 11 is 0. The summed E-state index contributed by atoms with van der Waals surface area (Å²) < 4.78 is 24.8. The number of para-hydroxylation sites is 1. The van der Waals surface area contributed by atoms with Crippen molar-refractivity contribution in [2.75, 3.05) is 11.5 Å². The fourth-order valence-electron chi connectivity index (χ4n) is 3.48. The standard InChI is InChI=1S/C27H23FN2O5/c1-2-14-34-22-12-10-21(11-13-22)30-26(32)23(25(31)29-27(30)33)16-19-7-3-4-9-24(19)35-17-18-6-5-8-20(28)15-18/h3-13,15-16H,2,14,17H2,1H3,(H,29,31,33)/b23-16-. The molecule has 35 heavy (non-hydrogen) atoms. The third-order valence-electron chi connectivity index (χ3n) is 5.17. The van der Waals surface area contributed by atoms with Gasteiger partial charge >= 0.3 is 6.03 Å². The summed E-state index contributed by atoms with van der Waals surface area (Å²) in [5.74, 6) is -0.942. The minimum absolute atomic E-state index is 0.0924. The highest BCUT2D eigenvalue weighted by molar-refractivity contribution is 6.39. The van der Waals surface area contributed by atoms with Crippen molar-refractivity contribution >= 4 is 29.6 Å². The van der Waals surface area contributed by atoms with E-state index in [0.717, 1.165) is 11.3 Å². The maximum absolute atomic E-state index is 13.5. The van der Waals surface area contributed by atoms with E-state index >= 15 is 0 Å². The molecule has 1 saturated heterocycles. The van der Waals surface area contributed by atoms with Gasteiger partial charge in [-0.3, -0.25) is 14.9 Å². The van der Waals surface area contributed by atoms with Crippen molar-refractivity contribution in [2.45, 2.75) is 20.0 Å². The molecule has 4 rings (SSSR count). The number of hydrogen-bond acceptors (Lipinski definition) is 5. The van der Waals surface area contributed by atoms with Crippen molar-refractivity contribution in [3.63, 3.8) is 0 Å². The summed E-state index contributed by atoms with van der Waals surface area (Å²) in [6.45, 7) is 2.63. The second-order valence-electron chi connectivity index (χ2n) is 7.76. The first-order chi connectivity index (χ1) is 17.0. The van der Waals surface area contributed by atoms with E-state index in [1.807, 2.05) is 6.92 Å². The first kappa shape index (κ1) is 23.7. The lowest BCUT2D eigenvalue weighted by Crippen LogP contribution is -2.54. The van der Waals surface area contributed by atoms with Gasteiger partial charge in [0.25, 0.3) is 11.8 Å². The van der Waals surface area contributed by atoms with Crippen molar-refractivity contribution in [3.8, 4) is 11.5 Å². The summed E-state index contributed by atoms with van der Waals surface area (Å²) in [6.07, 6.45) is 2.22. The Balaban J connectivity index is 1.59. The third-order valence-corrected chi connectivity index (χ3v) is 5.17. The molecule has 3 aromatic rings. The number of nitrogens with one attached hydrogen (secondary N) is 1. The minimum atomic E-state index is -0.838. The first-order valence-corrected chi connectivity index (χ1v) is 11.1. The van der Waals surface area contributed by atoms with Crippen LogP contribution >= 0.6 is 0 Å². The van der Waals surface area contributed by atoms with Crippen molar-refractivity contribution in [1.29, 1.82) is 0 Å². The Morgan fingerprint density at radius 3 is 2.46 bits per heavy atom. The first-order valence-electron chi connectivity index (χ1n) is 11.1. The number of carbonyl (C=O) groups is 3. The zero-order chi connectivity index (χ0) is 24.8. The lowest BCUT2D eigenvalue weighted by atomic mass is 10.1. The quantitative estimate of drug-likeness (QED) is 0.372. The second-order valence-corrected chi connectivity index (χ2v) is 7.76. The highest BCUT2D eigenvalue weighted by Crippen LogP contribution is 2.27. The van der Waals surface area contributed by atoms with Gasteiger partial charge < -0.3 is 9.47 Å². The van der Waals surface area contributed by atoms with Gasteiger partial charge in [0.2, 0.25) is 0 Å². The number of benzene rings is 3. The molecule has 0 aromatic heterocycles. The van der Waals surface area contributed by atoms with E-state index in [2.05, 4.69) is 5.32 Å². The SMILES string of the molecule is CCCOc1ccc(N2C(=O)NC(=O)/C(=C/c3ccccc3OCc3cccc(F)c3)C2=O)cc1. The molecule has 1 aliphatic rings. The molecule has 3 aromatic carbocycles. The smallest absolute Gasteiger partial charge is 0.335 e. The molecule has 178 valence electrons. The Morgan fingerprint density at radius 2 is 1.71 bits per heavy atom. The topological polar surface area (TPSA) is 84.9 Å². The van der Waals surface area contributed by atoms with Gasteiger partial charge in [-0.05, 0) is 60.5 Å². The van der Waals surface area contributed by atoms with E-state index in [-0.39, 0.29) is 18.0 Å². The molecule has 1 fully saturated rings. The van der Waals surface area contributed by atoms with Gasteiger partial charge in [-0.1, -0.05) is 37.3 Å². The molecule has 0 unspecified atom stereocenters. The van der Waals surface area contributed by atoms with Gasteiger partial charge in [0.1, 0.15) is 29.5 Å². The van der Waals surface area contributed by atoms with Crippen molar-refractivity contribution in [2.24, 2.45) is 0 Å². The molecule has 8 heteroatoms. The number of carbonyl (C=O) groups excluding carboxylic acids is 3. The van der Waals surface area contributed by atoms with Gasteiger partial charge in [-0.15, -0.1) is 0 Å². The van der Waals surface area contributed by atoms with Gasteiger partial charge in [0.05, 0.1) is 12.3 Å². The van der Waals surface area contributed by atoms with Gasteiger partial charge in [0.15, 0.2) is 0 Å². The molecule has 0 spiro atoms. The van der Waals surface area contributed by atoms with Gasteiger partial charge in [0, 0.05) is 5.56 Å². The molecular weight excluding hydrogens is 451 g/mol. The number of barbiturate groups is 1. The van der Waals surface area contributed by atoms with Crippen LogP contribution in [0.5, 0.6) is 11.5 Å². The van der Waals surface area contributed by atoms with Gasteiger partial charge in [-0.2, -0.15) is 0 Å². The van der Waals surface area contributed by atoms with Crippen molar-refractivity contribution < 1.29 is 28.2 Å². The van der Waals surface area contributed by atoms with Crippen LogP contribution in [-0.4, -0.2) is 24.5 Å². The largest absolute Gasteiger partial charge is 0.494 e. The van der Waals surface area contributed by atoms with Crippen LogP contribution < -0.4 is 19.7 Å². The molecule has 1 heterocycles. The van der Waals surface area contributed by atoms with Crippen LogP contribution in [0, 0.1) is 5.82 Å². The van der Waals surface area contributed by atoms with Crippen LogP contribution in [0.25, 0.3) is 6.08 Å². The number of imide groups is 2. The van der Waals surface area contributed by atoms with Crippen LogP contribution in [0.4, 0.5) is 14.9 Å². The van der Waals surface area contributed by atoms with E-state index in [1.165, 1.54) is 18.2 Å². The Bertz CT molecular complexity index is 1290. The zero-order valence-corrected chi connectivity index (χ0v) is 19.0. The normalized spacial score (nSPS) is 14.7. The number of nitrogens with zero attached hydrogens (tertiary/aromatic N) is 1. The number of anilines is 1. The molecule has 1 aliphatic heterocycles. The lowest BCUT2D eigenvalue weighted by Gasteiger charge is -2.26. The Hall–Kier alpha value is -4.46. The number of amides is 4. The number of urea groups is 1. The third kappa shape index (κ3) is 5.55. The molecule has 1 N–H and O–H groups in total. The molecule has 0 bridgehead atoms. The van der Waals surface area contributed by atoms with E-state index in [9.17, 15) is 18.8 Å². The summed E-state index contributed by atoms with van der Waals surface area (Å²) in [7, 11) is 0. The molecule has 4 amide bonds. The van der Waals surface area contributed by atoms with Crippen LogP contribution in [0.15, 0.2) is 78.4 Å². The van der Waals surface area contributed by atoms with Crippen molar-refractivity contribution in [3.05, 3.63) is 95.3 Å². The zero-order valence-electron chi connectivity index (χ0n) is 19.0. The van der Waals surface area contributed by atoms with Crippen molar-refractivity contribution in [1.82, 2.24) is 5.32 Å². The fraction of sp³-hybridized carbons (Fsp3) is 0.148. The van der Waals surface area contributed by atoms with Crippen LogP contribution in [0.2, 0.25) is 0 Å². The minimum Gasteiger partial charge on any atom is -0.494 e.